The third kappa shape index (κ3) is 2.26. The third-order valence-corrected chi connectivity index (χ3v) is 3.15. The summed E-state index contributed by atoms with van der Waals surface area (Å²) in [6, 6.07) is 6.03. The van der Waals surface area contributed by atoms with Gasteiger partial charge in [-0.25, -0.2) is 4.98 Å². The number of nitrogens with zero attached hydrogens (tertiary/aromatic N) is 2. The lowest BCUT2D eigenvalue weighted by molar-refractivity contribution is 0.234. The average molecular weight is 233 g/mol. The highest BCUT2D eigenvalue weighted by molar-refractivity contribution is 5.79. The summed E-state index contributed by atoms with van der Waals surface area (Å²) >= 11 is 0. The molecular weight excluding hydrogens is 214 g/mol. The zero-order valence-electron chi connectivity index (χ0n) is 10.3. The maximum atomic E-state index is 9.15. The summed E-state index contributed by atoms with van der Waals surface area (Å²) in [6.07, 6.45) is 2.58. The number of fused-ring (bicyclic) bond motifs is 1. The van der Waals surface area contributed by atoms with E-state index in [1.54, 1.807) is 0 Å². The molecule has 0 spiro atoms. The summed E-state index contributed by atoms with van der Waals surface area (Å²) in [4.78, 5) is 4.37. The number of hydrogen-bond acceptors (Lipinski definition) is 3. The van der Waals surface area contributed by atoms with Gasteiger partial charge in [0.25, 0.3) is 0 Å². The molecular formula is C13H19N3O. The van der Waals surface area contributed by atoms with Gasteiger partial charge in [0, 0.05) is 18.3 Å². The van der Waals surface area contributed by atoms with Crippen LogP contribution in [-0.4, -0.2) is 21.3 Å². The van der Waals surface area contributed by atoms with Crippen molar-refractivity contribution in [2.75, 3.05) is 12.3 Å². The van der Waals surface area contributed by atoms with Crippen molar-refractivity contribution in [3.63, 3.8) is 0 Å². The van der Waals surface area contributed by atoms with Crippen LogP contribution in [-0.2, 0) is 0 Å². The number of nitrogens with two attached hydrogens (primary N) is 1. The summed E-state index contributed by atoms with van der Waals surface area (Å²) in [5.41, 5.74) is 8.45. The first kappa shape index (κ1) is 11.9. The third-order valence-electron chi connectivity index (χ3n) is 3.15. The maximum absolute atomic E-state index is 9.15. The highest BCUT2D eigenvalue weighted by Gasteiger charge is 2.17. The second-order valence-corrected chi connectivity index (χ2v) is 4.72. The lowest BCUT2D eigenvalue weighted by Gasteiger charge is -2.22. The Morgan fingerprint density at radius 3 is 2.82 bits per heavy atom. The summed E-state index contributed by atoms with van der Waals surface area (Å²) in [7, 11) is 0. The second-order valence-electron chi connectivity index (χ2n) is 4.72. The van der Waals surface area contributed by atoms with Crippen molar-refractivity contribution in [2.24, 2.45) is 5.92 Å². The molecule has 0 aliphatic heterocycles. The van der Waals surface area contributed by atoms with Crippen LogP contribution >= 0.6 is 0 Å². The van der Waals surface area contributed by atoms with Crippen LogP contribution in [0.2, 0.25) is 0 Å². The molecule has 0 fully saturated rings. The SMILES string of the molecule is CC(C)C(CCO)n1cnc2cc(N)ccc21. The first-order valence-electron chi connectivity index (χ1n) is 5.96. The lowest BCUT2D eigenvalue weighted by atomic mass is 10.0. The number of aliphatic hydroxyl groups is 1. The van der Waals surface area contributed by atoms with Crippen molar-refractivity contribution < 1.29 is 5.11 Å². The molecule has 1 aromatic heterocycles. The molecule has 0 radical (unpaired) electrons. The van der Waals surface area contributed by atoms with E-state index >= 15 is 0 Å². The molecule has 1 aromatic carbocycles. The molecule has 0 saturated heterocycles. The smallest absolute Gasteiger partial charge is 0.0961 e. The van der Waals surface area contributed by atoms with Crippen LogP contribution in [0, 0.1) is 5.92 Å². The van der Waals surface area contributed by atoms with Crippen LogP contribution in [0.5, 0.6) is 0 Å². The largest absolute Gasteiger partial charge is 0.399 e. The van der Waals surface area contributed by atoms with E-state index in [4.69, 9.17) is 10.8 Å². The Morgan fingerprint density at radius 2 is 2.18 bits per heavy atom. The van der Waals surface area contributed by atoms with Gasteiger partial charge >= 0.3 is 0 Å². The topological polar surface area (TPSA) is 64.1 Å². The minimum Gasteiger partial charge on any atom is -0.399 e. The molecule has 17 heavy (non-hydrogen) atoms. The molecule has 0 aliphatic rings. The zero-order chi connectivity index (χ0) is 12.4. The van der Waals surface area contributed by atoms with Gasteiger partial charge in [0.05, 0.1) is 17.4 Å². The van der Waals surface area contributed by atoms with E-state index in [-0.39, 0.29) is 12.6 Å². The van der Waals surface area contributed by atoms with Gasteiger partial charge in [-0.1, -0.05) is 13.8 Å². The van der Waals surface area contributed by atoms with Crippen molar-refractivity contribution in [3.05, 3.63) is 24.5 Å². The number of aromatic nitrogens is 2. The van der Waals surface area contributed by atoms with Crippen LogP contribution in [0.1, 0.15) is 26.3 Å². The number of aliphatic hydroxyl groups excluding tert-OH is 1. The minimum atomic E-state index is 0.192. The van der Waals surface area contributed by atoms with Gasteiger partial charge in [-0.3, -0.25) is 0 Å². The highest BCUT2D eigenvalue weighted by Crippen LogP contribution is 2.26. The number of benzene rings is 1. The number of anilines is 1. The van der Waals surface area contributed by atoms with Crippen molar-refractivity contribution >= 4 is 16.7 Å². The molecule has 2 aromatic rings. The van der Waals surface area contributed by atoms with E-state index in [0.29, 0.717) is 5.92 Å². The molecule has 1 heterocycles. The molecule has 0 saturated carbocycles. The molecule has 2 rings (SSSR count). The van der Waals surface area contributed by atoms with Crippen molar-refractivity contribution in [3.8, 4) is 0 Å². The van der Waals surface area contributed by atoms with E-state index < -0.39 is 0 Å². The van der Waals surface area contributed by atoms with Gasteiger partial charge in [-0.05, 0) is 30.5 Å². The van der Waals surface area contributed by atoms with Crippen LogP contribution in [0.15, 0.2) is 24.5 Å². The Labute approximate surface area is 101 Å². The van der Waals surface area contributed by atoms with Gasteiger partial charge in [-0.15, -0.1) is 0 Å². The Kier molecular flexibility index (Phi) is 3.33. The molecule has 0 aliphatic carbocycles. The summed E-state index contributed by atoms with van der Waals surface area (Å²) in [5.74, 6) is 0.456. The fourth-order valence-corrected chi connectivity index (χ4v) is 2.24. The molecule has 92 valence electrons. The predicted molar refractivity (Wildman–Crippen MR) is 69.7 cm³/mol. The maximum Gasteiger partial charge on any atom is 0.0961 e. The van der Waals surface area contributed by atoms with Gasteiger partial charge in [0.2, 0.25) is 0 Å². The molecule has 0 amide bonds. The van der Waals surface area contributed by atoms with Gasteiger partial charge in [-0.2, -0.15) is 0 Å². The molecule has 4 nitrogen and oxygen atoms in total. The molecule has 4 heteroatoms. The highest BCUT2D eigenvalue weighted by atomic mass is 16.3. The normalized spacial score (nSPS) is 13.4. The monoisotopic (exact) mass is 233 g/mol. The number of imidazole rings is 1. The fraction of sp³-hybridized carbons (Fsp3) is 0.462. The number of hydrogen-bond donors (Lipinski definition) is 2. The first-order valence-corrected chi connectivity index (χ1v) is 5.96. The van der Waals surface area contributed by atoms with Crippen molar-refractivity contribution in [1.29, 1.82) is 0 Å². The van der Waals surface area contributed by atoms with E-state index in [2.05, 4.69) is 23.4 Å². The molecule has 0 bridgehead atoms. The Morgan fingerprint density at radius 1 is 1.41 bits per heavy atom. The van der Waals surface area contributed by atoms with Crippen LogP contribution in [0.3, 0.4) is 0 Å². The summed E-state index contributed by atoms with van der Waals surface area (Å²) in [6.45, 7) is 4.50. The second kappa shape index (κ2) is 4.75. The minimum absolute atomic E-state index is 0.192. The van der Waals surface area contributed by atoms with E-state index in [1.807, 2.05) is 24.5 Å². The van der Waals surface area contributed by atoms with Crippen molar-refractivity contribution in [1.82, 2.24) is 9.55 Å². The van der Waals surface area contributed by atoms with Crippen LogP contribution in [0.25, 0.3) is 11.0 Å². The van der Waals surface area contributed by atoms with E-state index in [1.165, 1.54) is 0 Å². The van der Waals surface area contributed by atoms with Crippen molar-refractivity contribution in [2.45, 2.75) is 26.3 Å². The quantitative estimate of drug-likeness (QED) is 0.796. The molecule has 1 atom stereocenters. The van der Waals surface area contributed by atoms with Crippen LogP contribution in [0.4, 0.5) is 5.69 Å². The lowest BCUT2D eigenvalue weighted by Crippen LogP contribution is -2.15. The zero-order valence-corrected chi connectivity index (χ0v) is 10.3. The Bertz CT molecular complexity index is 504. The van der Waals surface area contributed by atoms with Gasteiger partial charge in [0.15, 0.2) is 0 Å². The van der Waals surface area contributed by atoms with E-state index in [9.17, 15) is 0 Å². The average Bonchev–Trinajstić information content (AvgIpc) is 2.68. The number of rotatable bonds is 4. The molecule has 3 N–H and O–H groups in total. The fourth-order valence-electron chi connectivity index (χ4n) is 2.24. The van der Waals surface area contributed by atoms with Gasteiger partial charge < -0.3 is 15.4 Å². The van der Waals surface area contributed by atoms with Crippen LogP contribution < -0.4 is 5.73 Å². The van der Waals surface area contributed by atoms with Gasteiger partial charge in [0.1, 0.15) is 0 Å². The first-order chi connectivity index (χ1) is 8.13. The predicted octanol–water partition coefficient (Wildman–Crippen LogP) is 2.20. The summed E-state index contributed by atoms with van der Waals surface area (Å²) < 4.78 is 2.13. The van der Waals surface area contributed by atoms with E-state index in [0.717, 1.165) is 23.1 Å². The number of nitrogen functional groups attached to an aromatic ring is 1. The summed E-state index contributed by atoms with van der Waals surface area (Å²) in [5, 5.41) is 9.15. The Hall–Kier alpha value is -1.55. The Balaban J connectivity index is 2.46. The standard InChI is InChI=1S/C13H19N3O/c1-9(2)12(5-6-17)16-8-15-11-7-10(14)3-4-13(11)16/h3-4,7-9,12,17H,5-6,14H2,1-2H3. The molecule has 1 unspecified atom stereocenters.